The molecule has 2 heterocycles. The van der Waals surface area contributed by atoms with Crippen LogP contribution in [0.25, 0.3) is 22.2 Å². The van der Waals surface area contributed by atoms with Crippen molar-refractivity contribution in [2.75, 3.05) is 5.32 Å². The van der Waals surface area contributed by atoms with Gasteiger partial charge in [-0.25, -0.2) is 9.37 Å². The molecule has 0 fully saturated rings. The van der Waals surface area contributed by atoms with Gasteiger partial charge in [0.2, 0.25) is 0 Å². The second-order valence-corrected chi connectivity index (χ2v) is 6.25. The number of hydrogen-bond acceptors (Lipinski definition) is 4. The zero-order valence-corrected chi connectivity index (χ0v) is 14.8. The monoisotopic (exact) mass is 361 g/mol. The summed E-state index contributed by atoms with van der Waals surface area (Å²) in [5.41, 5.74) is 5.18. The van der Waals surface area contributed by atoms with E-state index in [1.807, 2.05) is 38.1 Å². The predicted molar refractivity (Wildman–Crippen MR) is 101 cm³/mol. The van der Waals surface area contributed by atoms with Gasteiger partial charge in [0.1, 0.15) is 5.52 Å². The SMILES string of the molecule is Cc1nc2cc(C)c(-c3ccc(NC(=O)c4ccncc4F)cc3)cc2o1. The fourth-order valence-electron chi connectivity index (χ4n) is 3.00. The molecule has 0 radical (unpaired) electrons. The van der Waals surface area contributed by atoms with Crippen LogP contribution in [0.1, 0.15) is 21.8 Å². The summed E-state index contributed by atoms with van der Waals surface area (Å²) < 4.78 is 19.3. The lowest BCUT2D eigenvalue weighted by molar-refractivity contribution is 0.102. The number of rotatable bonds is 3. The van der Waals surface area contributed by atoms with E-state index in [4.69, 9.17) is 4.42 Å². The highest BCUT2D eigenvalue weighted by Gasteiger charge is 2.12. The van der Waals surface area contributed by atoms with Crippen molar-refractivity contribution in [2.24, 2.45) is 0 Å². The third-order valence-electron chi connectivity index (χ3n) is 4.31. The van der Waals surface area contributed by atoms with E-state index in [1.54, 1.807) is 12.1 Å². The van der Waals surface area contributed by atoms with Gasteiger partial charge in [0.05, 0.1) is 11.8 Å². The standard InChI is InChI=1S/C21H16FN3O2/c1-12-9-19-20(27-13(2)24-19)10-17(12)14-3-5-15(6-4-14)25-21(26)16-7-8-23-11-18(16)22/h3-11H,1-2H3,(H,25,26). The van der Waals surface area contributed by atoms with Crippen molar-refractivity contribution >= 4 is 22.7 Å². The minimum Gasteiger partial charge on any atom is -0.441 e. The van der Waals surface area contributed by atoms with Gasteiger partial charge in [-0.2, -0.15) is 0 Å². The molecule has 5 nitrogen and oxygen atoms in total. The van der Waals surface area contributed by atoms with Gasteiger partial charge in [-0.3, -0.25) is 9.78 Å². The average Bonchev–Trinajstić information content (AvgIpc) is 3.01. The summed E-state index contributed by atoms with van der Waals surface area (Å²) in [6, 6.07) is 12.7. The van der Waals surface area contributed by atoms with Crippen LogP contribution >= 0.6 is 0 Å². The number of amides is 1. The fourth-order valence-corrected chi connectivity index (χ4v) is 3.00. The third-order valence-corrected chi connectivity index (χ3v) is 4.31. The maximum Gasteiger partial charge on any atom is 0.258 e. The van der Waals surface area contributed by atoms with Crippen molar-refractivity contribution in [3.63, 3.8) is 0 Å². The van der Waals surface area contributed by atoms with Crippen LogP contribution in [0.15, 0.2) is 59.3 Å². The summed E-state index contributed by atoms with van der Waals surface area (Å²) in [4.78, 5) is 20.2. The van der Waals surface area contributed by atoms with Crippen LogP contribution in [-0.4, -0.2) is 15.9 Å². The Hall–Kier alpha value is -3.54. The lowest BCUT2D eigenvalue weighted by Gasteiger charge is -2.09. The van der Waals surface area contributed by atoms with Crippen LogP contribution in [0.2, 0.25) is 0 Å². The van der Waals surface area contributed by atoms with E-state index in [2.05, 4.69) is 15.3 Å². The number of oxazole rings is 1. The highest BCUT2D eigenvalue weighted by atomic mass is 19.1. The van der Waals surface area contributed by atoms with Crippen LogP contribution in [0.5, 0.6) is 0 Å². The van der Waals surface area contributed by atoms with Gasteiger partial charge in [0.25, 0.3) is 5.91 Å². The maximum atomic E-state index is 13.7. The van der Waals surface area contributed by atoms with Gasteiger partial charge < -0.3 is 9.73 Å². The molecule has 4 rings (SSSR count). The number of halogens is 1. The summed E-state index contributed by atoms with van der Waals surface area (Å²) in [6.45, 7) is 3.83. The number of benzene rings is 2. The van der Waals surface area contributed by atoms with Gasteiger partial charge in [0.15, 0.2) is 17.3 Å². The van der Waals surface area contributed by atoms with Crippen molar-refractivity contribution in [3.8, 4) is 11.1 Å². The van der Waals surface area contributed by atoms with Gasteiger partial charge in [-0.15, -0.1) is 0 Å². The van der Waals surface area contributed by atoms with Gasteiger partial charge in [0, 0.05) is 18.8 Å². The summed E-state index contributed by atoms with van der Waals surface area (Å²) in [7, 11) is 0. The van der Waals surface area contributed by atoms with E-state index in [9.17, 15) is 9.18 Å². The van der Waals surface area contributed by atoms with Crippen LogP contribution in [-0.2, 0) is 0 Å². The second kappa shape index (κ2) is 6.64. The number of anilines is 1. The Morgan fingerprint density at radius 3 is 2.63 bits per heavy atom. The zero-order chi connectivity index (χ0) is 19.0. The average molecular weight is 361 g/mol. The third kappa shape index (κ3) is 3.29. The number of nitrogens with zero attached hydrogens (tertiary/aromatic N) is 2. The molecule has 2 aromatic carbocycles. The summed E-state index contributed by atoms with van der Waals surface area (Å²) >= 11 is 0. The minimum absolute atomic E-state index is 0.0453. The molecule has 1 N–H and O–H groups in total. The molecular formula is C21H16FN3O2. The highest BCUT2D eigenvalue weighted by molar-refractivity contribution is 6.04. The molecule has 0 aliphatic carbocycles. The van der Waals surface area contributed by atoms with E-state index >= 15 is 0 Å². The van der Waals surface area contributed by atoms with Crippen LogP contribution < -0.4 is 5.32 Å². The summed E-state index contributed by atoms with van der Waals surface area (Å²) in [5.74, 6) is -0.543. The number of aryl methyl sites for hydroxylation is 2. The van der Waals surface area contributed by atoms with E-state index in [-0.39, 0.29) is 5.56 Å². The molecular weight excluding hydrogens is 345 g/mol. The second-order valence-electron chi connectivity index (χ2n) is 6.25. The first-order valence-electron chi connectivity index (χ1n) is 8.40. The Balaban J connectivity index is 1.60. The molecule has 0 atom stereocenters. The summed E-state index contributed by atoms with van der Waals surface area (Å²) in [5, 5.41) is 2.69. The molecule has 1 amide bonds. The highest BCUT2D eigenvalue weighted by Crippen LogP contribution is 2.29. The van der Waals surface area contributed by atoms with Crippen molar-refractivity contribution in [3.05, 3.63) is 77.7 Å². The number of nitrogens with one attached hydrogen (secondary N) is 1. The van der Waals surface area contributed by atoms with Crippen molar-refractivity contribution in [2.45, 2.75) is 13.8 Å². The Morgan fingerprint density at radius 2 is 1.89 bits per heavy atom. The van der Waals surface area contributed by atoms with Gasteiger partial charge in [-0.05, 0) is 53.9 Å². The Labute approximate surface area is 154 Å². The molecule has 27 heavy (non-hydrogen) atoms. The van der Waals surface area contributed by atoms with Gasteiger partial charge >= 0.3 is 0 Å². The molecule has 134 valence electrons. The first-order chi connectivity index (χ1) is 13.0. The lowest BCUT2D eigenvalue weighted by atomic mass is 10.00. The van der Waals surface area contributed by atoms with Crippen LogP contribution in [0, 0.1) is 19.7 Å². The van der Waals surface area contributed by atoms with E-state index < -0.39 is 11.7 Å². The molecule has 6 heteroatoms. The Kier molecular flexibility index (Phi) is 4.16. The minimum atomic E-state index is -0.655. The fraction of sp³-hybridized carbons (Fsp3) is 0.0952. The molecule has 0 aliphatic rings. The van der Waals surface area contributed by atoms with E-state index in [0.717, 1.165) is 34.0 Å². The maximum absolute atomic E-state index is 13.7. The number of aromatic nitrogens is 2. The number of hydrogen-bond donors (Lipinski definition) is 1. The predicted octanol–water partition coefficient (Wildman–Crippen LogP) is 4.90. The molecule has 0 spiro atoms. The number of carbonyl (C=O) groups is 1. The number of fused-ring (bicyclic) bond motifs is 1. The lowest BCUT2D eigenvalue weighted by Crippen LogP contribution is -2.13. The molecule has 0 saturated heterocycles. The van der Waals surface area contributed by atoms with Crippen LogP contribution in [0.4, 0.5) is 10.1 Å². The Morgan fingerprint density at radius 1 is 1.11 bits per heavy atom. The molecule has 2 aromatic heterocycles. The van der Waals surface area contributed by atoms with Crippen molar-refractivity contribution in [1.82, 2.24) is 9.97 Å². The van der Waals surface area contributed by atoms with Crippen molar-refractivity contribution < 1.29 is 13.6 Å². The van der Waals surface area contributed by atoms with Gasteiger partial charge in [-0.1, -0.05) is 12.1 Å². The number of carbonyl (C=O) groups excluding carboxylic acids is 1. The first-order valence-corrected chi connectivity index (χ1v) is 8.40. The molecule has 0 bridgehead atoms. The quantitative estimate of drug-likeness (QED) is 0.564. The Bertz CT molecular complexity index is 1150. The van der Waals surface area contributed by atoms with E-state index in [1.165, 1.54) is 12.3 Å². The topological polar surface area (TPSA) is 68.0 Å². The normalized spacial score (nSPS) is 10.9. The smallest absolute Gasteiger partial charge is 0.258 e. The van der Waals surface area contributed by atoms with Crippen molar-refractivity contribution in [1.29, 1.82) is 0 Å². The summed E-state index contributed by atoms with van der Waals surface area (Å²) in [6.07, 6.45) is 2.40. The molecule has 0 unspecified atom stereocenters. The zero-order valence-electron chi connectivity index (χ0n) is 14.8. The molecule has 0 saturated carbocycles. The molecule has 0 aliphatic heterocycles. The number of pyridine rings is 1. The first kappa shape index (κ1) is 16.9. The van der Waals surface area contributed by atoms with Crippen LogP contribution in [0.3, 0.4) is 0 Å². The largest absolute Gasteiger partial charge is 0.441 e. The van der Waals surface area contributed by atoms with E-state index in [0.29, 0.717) is 11.6 Å². The molecule has 4 aromatic rings.